The number of amides is 3. The van der Waals surface area contributed by atoms with E-state index in [0.29, 0.717) is 24.0 Å². The number of carbonyl (C=O) groups is 4. The Morgan fingerprint density at radius 1 is 1.07 bits per heavy atom. The molecule has 2 aromatic carbocycles. The Hall–Kier alpha value is -3.88. The summed E-state index contributed by atoms with van der Waals surface area (Å²) < 4.78 is 15.8. The van der Waals surface area contributed by atoms with E-state index in [-0.39, 0.29) is 11.5 Å². The summed E-state index contributed by atoms with van der Waals surface area (Å²) in [5, 5.41) is 4.56. The number of aldehydes is 1. The molecule has 2 rings (SSSR count). The first-order valence-electron chi connectivity index (χ1n) is 9.07. The van der Waals surface area contributed by atoms with E-state index in [2.05, 4.69) is 10.6 Å². The number of carbonyl (C=O) groups excluding carboxylic acids is 4. The smallest absolute Gasteiger partial charge is 0.345 e. The molecular weight excluding hydrogens is 392 g/mol. The van der Waals surface area contributed by atoms with Crippen molar-refractivity contribution in [3.63, 3.8) is 0 Å². The molecule has 30 heavy (non-hydrogen) atoms. The van der Waals surface area contributed by atoms with Gasteiger partial charge in [-0.1, -0.05) is 30.3 Å². The summed E-state index contributed by atoms with van der Waals surface area (Å²) in [6, 6.07) is 12.0. The normalized spacial score (nSPS) is 11.0. The molecule has 3 amide bonds. The van der Waals surface area contributed by atoms with Crippen LogP contribution in [0.3, 0.4) is 0 Å². The Labute approximate surface area is 173 Å². The molecule has 0 spiro atoms. The minimum Gasteiger partial charge on any atom is -0.493 e. The van der Waals surface area contributed by atoms with E-state index < -0.39 is 30.6 Å². The first-order valence-corrected chi connectivity index (χ1v) is 9.07. The fraction of sp³-hybridized carbons (Fsp3) is 0.238. The standard InChI is InChI=1S/C21H22N2O7/c1-3-22-21(27)23-20(26)19(15-7-5-4-6-8-15)30-18(25)13-29-16-10-9-14(12-24)11-17(16)28-2/h4-12,19H,3,13H2,1-2H3,(H2,22,23,26,27)/t19-/m0/s1. The van der Waals surface area contributed by atoms with Gasteiger partial charge >= 0.3 is 12.0 Å². The lowest BCUT2D eigenvalue weighted by molar-refractivity contribution is -0.158. The van der Waals surface area contributed by atoms with Crippen LogP contribution < -0.4 is 20.1 Å². The third kappa shape index (κ3) is 6.33. The number of imide groups is 1. The Morgan fingerprint density at radius 2 is 1.80 bits per heavy atom. The Morgan fingerprint density at radius 3 is 2.43 bits per heavy atom. The second kappa shape index (κ2) is 11.2. The van der Waals surface area contributed by atoms with Crippen LogP contribution in [0.25, 0.3) is 0 Å². The average Bonchev–Trinajstić information content (AvgIpc) is 2.76. The molecule has 9 nitrogen and oxygen atoms in total. The summed E-state index contributed by atoms with van der Waals surface area (Å²) in [4.78, 5) is 47.3. The van der Waals surface area contributed by atoms with E-state index in [9.17, 15) is 19.2 Å². The lowest BCUT2D eigenvalue weighted by atomic mass is 10.1. The van der Waals surface area contributed by atoms with Crippen LogP contribution in [-0.4, -0.2) is 44.5 Å². The molecule has 0 aliphatic heterocycles. The molecule has 0 aliphatic rings. The first-order chi connectivity index (χ1) is 14.5. The highest BCUT2D eigenvalue weighted by Crippen LogP contribution is 2.27. The van der Waals surface area contributed by atoms with Gasteiger partial charge in [0.2, 0.25) is 6.10 Å². The number of esters is 1. The summed E-state index contributed by atoms with van der Waals surface area (Å²) in [5.41, 5.74) is 0.772. The second-order valence-electron chi connectivity index (χ2n) is 5.95. The number of rotatable bonds is 9. The van der Waals surface area contributed by atoms with Crippen molar-refractivity contribution in [1.82, 2.24) is 10.6 Å². The monoisotopic (exact) mass is 414 g/mol. The van der Waals surface area contributed by atoms with Crippen molar-refractivity contribution in [2.75, 3.05) is 20.3 Å². The van der Waals surface area contributed by atoms with Gasteiger partial charge in [0, 0.05) is 17.7 Å². The average molecular weight is 414 g/mol. The molecule has 1 atom stereocenters. The highest BCUT2D eigenvalue weighted by Gasteiger charge is 2.26. The van der Waals surface area contributed by atoms with Gasteiger partial charge in [0.15, 0.2) is 18.1 Å². The van der Waals surface area contributed by atoms with Crippen LogP contribution in [0.2, 0.25) is 0 Å². The minimum absolute atomic E-state index is 0.225. The number of hydrogen-bond acceptors (Lipinski definition) is 7. The quantitative estimate of drug-likeness (QED) is 0.476. The first kappa shape index (κ1) is 22.4. The summed E-state index contributed by atoms with van der Waals surface area (Å²) >= 11 is 0. The lowest BCUT2D eigenvalue weighted by Crippen LogP contribution is -2.42. The summed E-state index contributed by atoms with van der Waals surface area (Å²) in [5.74, 6) is -1.14. The van der Waals surface area contributed by atoms with E-state index in [1.165, 1.54) is 25.3 Å². The van der Waals surface area contributed by atoms with E-state index in [4.69, 9.17) is 14.2 Å². The van der Waals surface area contributed by atoms with Gasteiger partial charge in [-0.25, -0.2) is 9.59 Å². The molecule has 158 valence electrons. The largest absolute Gasteiger partial charge is 0.493 e. The third-order valence-electron chi connectivity index (χ3n) is 3.83. The molecule has 0 radical (unpaired) electrons. The Bertz CT molecular complexity index is 899. The van der Waals surface area contributed by atoms with Crippen molar-refractivity contribution in [2.45, 2.75) is 13.0 Å². The van der Waals surface area contributed by atoms with Crippen LogP contribution in [0.5, 0.6) is 11.5 Å². The van der Waals surface area contributed by atoms with Crippen molar-refractivity contribution >= 4 is 24.2 Å². The molecule has 0 saturated carbocycles. The Balaban J connectivity index is 2.08. The summed E-state index contributed by atoms with van der Waals surface area (Å²) in [7, 11) is 1.40. The number of urea groups is 1. The van der Waals surface area contributed by atoms with Gasteiger partial charge < -0.3 is 19.5 Å². The van der Waals surface area contributed by atoms with Gasteiger partial charge in [-0.15, -0.1) is 0 Å². The van der Waals surface area contributed by atoms with Crippen LogP contribution in [0.15, 0.2) is 48.5 Å². The van der Waals surface area contributed by atoms with Crippen molar-refractivity contribution in [3.05, 3.63) is 59.7 Å². The molecule has 0 bridgehead atoms. The van der Waals surface area contributed by atoms with Gasteiger partial charge in [0.25, 0.3) is 5.91 Å². The second-order valence-corrected chi connectivity index (χ2v) is 5.95. The van der Waals surface area contributed by atoms with E-state index >= 15 is 0 Å². The maximum absolute atomic E-state index is 12.5. The van der Waals surface area contributed by atoms with Gasteiger partial charge in [-0.2, -0.15) is 0 Å². The zero-order valence-corrected chi connectivity index (χ0v) is 16.5. The number of benzene rings is 2. The van der Waals surface area contributed by atoms with E-state index in [1.807, 2.05) is 0 Å². The van der Waals surface area contributed by atoms with Gasteiger partial charge in [0.1, 0.15) is 6.29 Å². The topological polar surface area (TPSA) is 120 Å². The molecule has 9 heteroatoms. The van der Waals surface area contributed by atoms with Crippen LogP contribution >= 0.6 is 0 Å². The zero-order chi connectivity index (χ0) is 21.9. The zero-order valence-electron chi connectivity index (χ0n) is 16.5. The lowest BCUT2D eigenvalue weighted by Gasteiger charge is -2.18. The van der Waals surface area contributed by atoms with Crippen LogP contribution in [0.1, 0.15) is 28.9 Å². The molecule has 0 fully saturated rings. The van der Waals surface area contributed by atoms with Crippen LogP contribution in [0.4, 0.5) is 4.79 Å². The van der Waals surface area contributed by atoms with Gasteiger partial charge in [0.05, 0.1) is 7.11 Å². The molecule has 0 saturated heterocycles. The van der Waals surface area contributed by atoms with Crippen molar-refractivity contribution in [2.24, 2.45) is 0 Å². The molecule has 0 heterocycles. The van der Waals surface area contributed by atoms with Gasteiger partial charge in [-0.05, 0) is 25.1 Å². The summed E-state index contributed by atoms with van der Waals surface area (Å²) in [6.45, 7) is 1.51. The number of nitrogens with one attached hydrogen (secondary N) is 2. The molecular formula is C21H22N2O7. The SMILES string of the molecule is CCNC(=O)NC(=O)[C@@H](OC(=O)COc1ccc(C=O)cc1OC)c1ccccc1. The highest BCUT2D eigenvalue weighted by molar-refractivity contribution is 5.97. The predicted molar refractivity (Wildman–Crippen MR) is 106 cm³/mol. The number of ether oxygens (including phenoxy) is 3. The molecule has 0 unspecified atom stereocenters. The van der Waals surface area contributed by atoms with Crippen molar-refractivity contribution in [3.8, 4) is 11.5 Å². The van der Waals surface area contributed by atoms with Crippen LogP contribution in [0, 0.1) is 0 Å². The van der Waals surface area contributed by atoms with Crippen LogP contribution in [-0.2, 0) is 14.3 Å². The highest BCUT2D eigenvalue weighted by atomic mass is 16.6. The van der Waals surface area contributed by atoms with Crippen molar-refractivity contribution < 1.29 is 33.4 Å². The molecule has 2 N–H and O–H groups in total. The van der Waals surface area contributed by atoms with Gasteiger partial charge in [-0.3, -0.25) is 14.9 Å². The van der Waals surface area contributed by atoms with E-state index in [1.54, 1.807) is 37.3 Å². The number of methoxy groups -OCH3 is 1. The fourth-order valence-electron chi connectivity index (χ4n) is 2.46. The molecule has 0 aliphatic carbocycles. The fourth-order valence-corrected chi connectivity index (χ4v) is 2.46. The molecule has 0 aromatic heterocycles. The number of hydrogen-bond donors (Lipinski definition) is 2. The maximum atomic E-state index is 12.5. The van der Waals surface area contributed by atoms with Crippen molar-refractivity contribution in [1.29, 1.82) is 0 Å². The maximum Gasteiger partial charge on any atom is 0.345 e. The summed E-state index contributed by atoms with van der Waals surface area (Å²) in [6.07, 6.45) is -0.692. The predicted octanol–water partition coefficient (Wildman–Crippen LogP) is 2.02. The Kier molecular flexibility index (Phi) is 8.37. The minimum atomic E-state index is -1.34. The molecule has 2 aromatic rings. The third-order valence-corrected chi connectivity index (χ3v) is 3.83. The van der Waals surface area contributed by atoms with E-state index in [0.717, 1.165) is 0 Å².